The summed E-state index contributed by atoms with van der Waals surface area (Å²) in [5, 5.41) is 7.77. The van der Waals surface area contributed by atoms with Crippen molar-refractivity contribution in [3.8, 4) is 22.3 Å². The van der Waals surface area contributed by atoms with Gasteiger partial charge in [-0.25, -0.2) is 4.98 Å². The highest BCUT2D eigenvalue weighted by Gasteiger charge is 2.18. The molecule has 0 aliphatic carbocycles. The SMILES string of the molecule is NC(=O)c1cccc(-c2ccccc2)c1-c1ccnc2[nH]ncc12. The van der Waals surface area contributed by atoms with Gasteiger partial charge in [-0.2, -0.15) is 5.10 Å². The van der Waals surface area contributed by atoms with Crippen LogP contribution in [0.5, 0.6) is 0 Å². The van der Waals surface area contributed by atoms with E-state index in [1.807, 2.05) is 48.5 Å². The Kier molecular flexibility index (Phi) is 3.31. The summed E-state index contributed by atoms with van der Waals surface area (Å²) in [4.78, 5) is 16.3. The van der Waals surface area contributed by atoms with Gasteiger partial charge < -0.3 is 5.73 Å². The fourth-order valence-electron chi connectivity index (χ4n) is 2.98. The number of amides is 1. The van der Waals surface area contributed by atoms with Gasteiger partial charge in [-0.1, -0.05) is 42.5 Å². The molecule has 1 amide bonds. The van der Waals surface area contributed by atoms with Gasteiger partial charge in [0.2, 0.25) is 5.91 Å². The molecule has 0 radical (unpaired) electrons. The number of carbonyl (C=O) groups is 1. The minimum absolute atomic E-state index is 0.462. The Morgan fingerprint density at radius 1 is 0.958 bits per heavy atom. The number of H-pyrrole nitrogens is 1. The maximum absolute atomic E-state index is 12.0. The molecule has 0 fully saturated rings. The quantitative estimate of drug-likeness (QED) is 0.608. The molecule has 0 bridgehead atoms. The first-order valence-electron chi connectivity index (χ1n) is 7.52. The van der Waals surface area contributed by atoms with Crippen LogP contribution in [0, 0.1) is 0 Å². The van der Waals surface area contributed by atoms with Crippen LogP contribution < -0.4 is 5.73 Å². The number of pyridine rings is 1. The van der Waals surface area contributed by atoms with Gasteiger partial charge in [0.25, 0.3) is 0 Å². The molecule has 4 rings (SSSR count). The van der Waals surface area contributed by atoms with E-state index >= 15 is 0 Å². The molecule has 0 unspecified atom stereocenters. The molecule has 4 aromatic rings. The van der Waals surface area contributed by atoms with Gasteiger partial charge in [0.15, 0.2) is 5.65 Å². The first-order chi connectivity index (χ1) is 11.8. The number of rotatable bonds is 3. The normalized spacial score (nSPS) is 10.8. The van der Waals surface area contributed by atoms with Crippen LogP contribution in [0.2, 0.25) is 0 Å². The Hall–Kier alpha value is -3.47. The molecule has 2 aromatic carbocycles. The second-order valence-corrected chi connectivity index (χ2v) is 5.45. The van der Waals surface area contributed by atoms with Gasteiger partial charge in [0, 0.05) is 22.7 Å². The third-order valence-electron chi connectivity index (χ3n) is 4.04. The summed E-state index contributed by atoms with van der Waals surface area (Å²) in [5.41, 5.74) is 10.4. The Labute approximate surface area is 138 Å². The zero-order valence-electron chi connectivity index (χ0n) is 12.7. The molecule has 2 heterocycles. The van der Waals surface area contributed by atoms with Gasteiger partial charge >= 0.3 is 0 Å². The smallest absolute Gasteiger partial charge is 0.249 e. The third-order valence-corrected chi connectivity index (χ3v) is 4.04. The Bertz CT molecular complexity index is 1040. The highest BCUT2D eigenvalue weighted by atomic mass is 16.1. The molecule has 0 aliphatic heterocycles. The number of hydrogen-bond donors (Lipinski definition) is 2. The lowest BCUT2D eigenvalue weighted by molar-refractivity contribution is 0.100. The number of nitrogens with two attached hydrogens (primary N) is 1. The number of hydrogen-bond acceptors (Lipinski definition) is 3. The van der Waals surface area contributed by atoms with E-state index in [0.29, 0.717) is 11.2 Å². The number of nitrogens with one attached hydrogen (secondary N) is 1. The molecule has 3 N–H and O–H groups in total. The standard InChI is InChI=1S/C19H14N4O/c20-18(24)15-8-4-7-13(12-5-2-1-3-6-12)17(15)14-9-10-21-19-16(14)11-22-23-19/h1-11H,(H2,20,24)(H,21,22,23). The number of carbonyl (C=O) groups excluding carboxylic acids is 1. The largest absolute Gasteiger partial charge is 0.366 e. The van der Waals surface area contributed by atoms with E-state index < -0.39 is 5.91 Å². The van der Waals surface area contributed by atoms with Gasteiger partial charge in [0.05, 0.1) is 6.20 Å². The van der Waals surface area contributed by atoms with Gasteiger partial charge in [-0.05, 0) is 28.8 Å². The van der Waals surface area contributed by atoms with Crippen molar-refractivity contribution in [3.05, 3.63) is 72.6 Å². The second kappa shape index (κ2) is 5.62. The van der Waals surface area contributed by atoms with Crippen LogP contribution in [0.15, 0.2) is 67.0 Å². The van der Waals surface area contributed by atoms with E-state index in [1.165, 1.54) is 0 Å². The zero-order valence-corrected chi connectivity index (χ0v) is 12.7. The van der Waals surface area contributed by atoms with E-state index in [2.05, 4.69) is 15.2 Å². The topological polar surface area (TPSA) is 84.7 Å². The predicted octanol–water partition coefficient (Wildman–Crippen LogP) is 3.39. The minimum Gasteiger partial charge on any atom is -0.366 e. The van der Waals surface area contributed by atoms with Crippen molar-refractivity contribution >= 4 is 16.9 Å². The van der Waals surface area contributed by atoms with Crippen molar-refractivity contribution in [1.82, 2.24) is 15.2 Å². The first-order valence-corrected chi connectivity index (χ1v) is 7.52. The van der Waals surface area contributed by atoms with Crippen molar-refractivity contribution in [1.29, 1.82) is 0 Å². The van der Waals surface area contributed by atoms with E-state index in [4.69, 9.17) is 5.73 Å². The molecule has 5 nitrogen and oxygen atoms in total. The number of nitrogens with zero attached hydrogens (tertiary/aromatic N) is 2. The predicted molar refractivity (Wildman–Crippen MR) is 93.3 cm³/mol. The lowest BCUT2D eigenvalue weighted by Gasteiger charge is -2.14. The fraction of sp³-hybridized carbons (Fsp3) is 0. The Balaban J connectivity index is 2.10. The van der Waals surface area contributed by atoms with E-state index in [-0.39, 0.29) is 0 Å². The summed E-state index contributed by atoms with van der Waals surface area (Å²) in [6, 6.07) is 17.4. The molecular formula is C19H14N4O. The number of aromatic nitrogens is 3. The van der Waals surface area contributed by atoms with E-state index in [0.717, 1.165) is 27.6 Å². The summed E-state index contributed by atoms with van der Waals surface area (Å²) < 4.78 is 0. The van der Waals surface area contributed by atoms with Crippen LogP contribution in [0.4, 0.5) is 0 Å². The molecule has 116 valence electrons. The maximum atomic E-state index is 12.0. The number of primary amides is 1. The third kappa shape index (κ3) is 2.23. The lowest BCUT2D eigenvalue weighted by atomic mass is 9.89. The second-order valence-electron chi connectivity index (χ2n) is 5.45. The van der Waals surface area contributed by atoms with Crippen LogP contribution in [-0.4, -0.2) is 21.1 Å². The van der Waals surface area contributed by atoms with Gasteiger partial charge in [-0.3, -0.25) is 9.89 Å². The number of aromatic amines is 1. The highest BCUT2D eigenvalue weighted by molar-refractivity contribution is 6.08. The molecule has 0 saturated carbocycles. The zero-order chi connectivity index (χ0) is 16.5. The summed E-state index contributed by atoms with van der Waals surface area (Å²) in [5.74, 6) is -0.462. The van der Waals surface area contributed by atoms with Crippen LogP contribution in [-0.2, 0) is 0 Å². The summed E-state index contributed by atoms with van der Waals surface area (Å²) in [6.45, 7) is 0. The van der Waals surface area contributed by atoms with Crippen molar-refractivity contribution in [2.45, 2.75) is 0 Å². The monoisotopic (exact) mass is 314 g/mol. The van der Waals surface area contributed by atoms with Gasteiger partial charge in [0.1, 0.15) is 0 Å². The molecule has 0 saturated heterocycles. The Morgan fingerprint density at radius 3 is 2.58 bits per heavy atom. The average molecular weight is 314 g/mol. The number of fused-ring (bicyclic) bond motifs is 1. The Morgan fingerprint density at radius 2 is 1.79 bits per heavy atom. The average Bonchev–Trinajstić information content (AvgIpc) is 3.10. The van der Waals surface area contributed by atoms with Crippen molar-refractivity contribution in [3.63, 3.8) is 0 Å². The van der Waals surface area contributed by atoms with Crippen LogP contribution in [0.25, 0.3) is 33.3 Å². The maximum Gasteiger partial charge on any atom is 0.249 e. The molecule has 24 heavy (non-hydrogen) atoms. The summed E-state index contributed by atoms with van der Waals surface area (Å²) in [6.07, 6.45) is 3.41. The molecule has 0 atom stereocenters. The van der Waals surface area contributed by atoms with Crippen LogP contribution in [0.3, 0.4) is 0 Å². The molecule has 0 aliphatic rings. The van der Waals surface area contributed by atoms with Gasteiger partial charge in [-0.15, -0.1) is 0 Å². The van der Waals surface area contributed by atoms with E-state index in [9.17, 15) is 4.79 Å². The molecular weight excluding hydrogens is 300 g/mol. The molecule has 5 heteroatoms. The fourth-order valence-corrected chi connectivity index (χ4v) is 2.98. The minimum atomic E-state index is -0.462. The summed E-state index contributed by atoms with van der Waals surface area (Å²) >= 11 is 0. The summed E-state index contributed by atoms with van der Waals surface area (Å²) in [7, 11) is 0. The molecule has 0 spiro atoms. The van der Waals surface area contributed by atoms with Crippen molar-refractivity contribution < 1.29 is 4.79 Å². The van der Waals surface area contributed by atoms with Crippen LogP contribution >= 0.6 is 0 Å². The van der Waals surface area contributed by atoms with Crippen molar-refractivity contribution in [2.24, 2.45) is 5.73 Å². The number of benzene rings is 2. The first kappa shape index (κ1) is 14.1. The highest BCUT2D eigenvalue weighted by Crippen LogP contribution is 2.37. The van der Waals surface area contributed by atoms with E-state index in [1.54, 1.807) is 18.5 Å². The lowest BCUT2D eigenvalue weighted by Crippen LogP contribution is -2.13. The van der Waals surface area contributed by atoms with Crippen LogP contribution in [0.1, 0.15) is 10.4 Å². The van der Waals surface area contributed by atoms with Crippen molar-refractivity contribution in [2.75, 3.05) is 0 Å². The molecule has 2 aromatic heterocycles.